The van der Waals surface area contributed by atoms with Crippen molar-refractivity contribution in [2.45, 2.75) is 50.3 Å². The summed E-state index contributed by atoms with van der Waals surface area (Å²) in [6.07, 6.45) is 13.3. The molecule has 1 saturated carbocycles. The lowest BCUT2D eigenvalue weighted by Gasteiger charge is -2.16. The summed E-state index contributed by atoms with van der Waals surface area (Å²) in [4.78, 5) is 0. The number of benzene rings is 1. The standard InChI is InChI=1S/C18H23ClN2/c19-18(12-15-8-4-1-2-5-9-15)16-13-20-21(14-16)17-10-6-3-7-11-17/h3,6-7,10-11,13-15,18H,1-2,4-5,8-9,12H2. The maximum absolute atomic E-state index is 6.64. The third-order valence-corrected chi connectivity index (χ3v) is 4.93. The van der Waals surface area contributed by atoms with Crippen molar-refractivity contribution < 1.29 is 0 Å². The van der Waals surface area contributed by atoms with Gasteiger partial charge in [0.2, 0.25) is 0 Å². The smallest absolute Gasteiger partial charge is 0.0645 e. The van der Waals surface area contributed by atoms with Gasteiger partial charge in [0.05, 0.1) is 17.3 Å². The summed E-state index contributed by atoms with van der Waals surface area (Å²) < 4.78 is 1.91. The fraction of sp³-hybridized carbons (Fsp3) is 0.500. The highest BCUT2D eigenvalue weighted by Crippen LogP contribution is 2.34. The van der Waals surface area contributed by atoms with Gasteiger partial charge in [0, 0.05) is 11.8 Å². The van der Waals surface area contributed by atoms with Crippen LogP contribution in [0.3, 0.4) is 0 Å². The first kappa shape index (κ1) is 14.6. The first-order chi connectivity index (χ1) is 10.3. The predicted molar refractivity (Wildman–Crippen MR) is 88.0 cm³/mol. The Bertz CT molecular complexity index is 541. The van der Waals surface area contributed by atoms with E-state index in [1.165, 1.54) is 38.5 Å². The first-order valence-electron chi connectivity index (χ1n) is 8.07. The monoisotopic (exact) mass is 302 g/mol. The molecule has 0 bridgehead atoms. The van der Waals surface area contributed by atoms with Crippen LogP contribution >= 0.6 is 11.6 Å². The summed E-state index contributed by atoms with van der Waals surface area (Å²) in [5.41, 5.74) is 2.23. The Kier molecular flexibility index (Phi) is 4.97. The Morgan fingerprint density at radius 1 is 1.10 bits per heavy atom. The van der Waals surface area contributed by atoms with Crippen molar-refractivity contribution in [3.63, 3.8) is 0 Å². The summed E-state index contributed by atoms with van der Waals surface area (Å²) in [6, 6.07) is 10.2. The second-order valence-corrected chi connectivity index (χ2v) is 6.64. The zero-order chi connectivity index (χ0) is 14.5. The largest absolute Gasteiger partial charge is 0.241 e. The Morgan fingerprint density at radius 3 is 2.52 bits per heavy atom. The molecule has 0 N–H and O–H groups in total. The second-order valence-electron chi connectivity index (χ2n) is 6.11. The summed E-state index contributed by atoms with van der Waals surface area (Å²) in [5, 5.41) is 4.54. The number of rotatable bonds is 4. The zero-order valence-electron chi connectivity index (χ0n) is 12.4. The quantitative estimate of drug-likeness (QED) is 0.537. The number of hydrogen-bond donors (Lipinski definition) is 0. The summed E-state index contributed by atoms with van der Waals surface area (Å²) in [7, 11) is 0. The molecule has 2 nitrogen and oxygen atoms in total. The lowest BCUT2D eigenvalue weighted by atomic mass is 9.93. The summed E-state index contributed by atoms with van der Waals surface area (Å²) in [5.74, 6) is 0.787. The van der Waals surface area contributed by atoms with E-state index in [-0.39, 0.29) is 5.38 Å². The van der Waals surface area contributed by atoms with Gasteiger partial charge in [-0.25, -0.2) is 4.68 Å². The molecule has 2 aromatic rings. The molecule has 1 atom stereocenters. The molecule has 1 heterocycles. The van der Waals surface area contributed by atoms with Crippen LogP contribution in [0.5, 0.6) is 0 Å². The maximum Gasteiger partial charge on any atom is 0.0645 e. The van der Waals surface area contributed by atoms with E-state index in [2.05, 4.69) is 23.4 Å². The molecule has 1 unspecified atom stereocenters. The van der Waals surface area contributed by atoms with E-state index in [0.717, 1.165) is 23.6 Å². The number of alkyl halides is 1. The molecule has 1 aromatic carbocycles. The number of para-hydroxylation sites is 1. The van der Waals surface area contributed by atoms with Crippen LogP contribution in [0.1, 0.15) is 55.9 Å². The number of aromatic nitrogens is 2. The van der Waals surface area contributed by atoms with Crippen molar-refractivity contribution >= 4 is 11.6 Å². The minimum Gasteiger partial charge on any atom is -0.241 e. The van der Waals surface area contributed by atoms with Gasteiger partial charge in [0.25, 0.3) is 0 Å². The van der Waals surface area contributed by atoms with Crippen molar-refractivity contribution in [2.75, 3.05) is 0 Å². The average molecular weight is 303 g/mol. The molecule has 1 aliphatic rings. The minimum absolute atomic E-state index is 0.0885. The van der Waals surface area contributed by atoms with E-state index in [0.29, 0.717) is 0 Å². The third kappa shape index (κ3) is 3.88. The molecule has 1 aromatic heterocycles. The van der Waals surface area contributed by atoms with Crippen molar-refractivity contribution in [1.29, 1.82) is 0 Å². The van der Waals surface area contributed by atoms with Crippen molar-refractivity contribution in [3.8, 4) is 5.69 Å². The predicted octanol–water partition coefficient (Wildman–Crippen LogP) is 5.51. The van der Waals surface area contributed by atoms with Gasteiger partial charge in [0.15, 0.2) is 0 Å². The minimum atomic E-state index is 0.0885. The number of nitrogens with zero attached hydrogens (tertiary/aromatic N) is 2. The molecule has 0 saturated heterocycles. The topological polar surface area (TPSA) is 17.8 Å². The molecule has 0 radical (unpaired) electrons. The van der Waals surface area contributed by atoms with Gasteiger partial charge in [-0.2, -0.15) is 5.10 Å². The van der Waals surface area contributed by atoms with Crippen LogP contribution in [0.2, 0.25) is 0 Å². The fourth-order valence-electron chi connectivity index (χ4n) is 3.25. The molecule has 3 heteroatoms. The van der Waals surface area contributed by atoms with Crippen molar-refractivity contribution in [3.05, 3.63) is 48.3 Å². The van der Waals surface area contributed by atoms with Crippen LogP contribution in [0, 0.1) is 5.92 Å². The maximum atomic E-state index is 6.64. The van der Waals surface area contributed by atoms with Crippen LogP contribution in [-0.2, 0) is 0 Å². The molecule has 1 fully saturated rings. The van der Waals surface area contributed by atoms with Crippen molar-refractivity contribution in [2.24, 2.45) is 5.92 Å². The van der Waals surface area contributed by atoms with E-state index >= 15 is 0 Å². The zero-order valence-corrected chi connectivity index (χ0v) is 13.2. The van der Waals surface area contributed by atoms with Gasteiger partial charge in [0.1, 0.15) is 0 Å². The molecule has 3 rings (SSSR count). The van der Waals surface area contributed by atoms with E-state index in [4.69, 9.17) is 11.6 Å². The van der Waals surface area contributed by atoms with Gasteiger partial charge in [-0.1, -0.05) is 56.7 Å². The summed E-state index contributed by atoms with van der Waals surface area (Å²) >= 11 is 6.64. The highest BCUT2D eigenvalue weighted by molar-refractivity contribution is 6.20. The van der Waals surface area contributed by atoms with Crippen LogP contribution in [0.4, 0.5) is 0 Å². The van der Waals surface area contributed by atoms with Gasteiger partial charge < -0.3 is 0 Å². The van der Waals surface area contributed by atoms with Crippen LogP contribution in [0.15, 0.2) is 42.7 Å². The van der Waals surface area contributed by atoms with Gasteiger partial charge >= 0.3 is 0 Å². The van der Waals surface area contributed by atoms with E-state index < -0.39 is 0 Å². The molecule has 1 aliphatic carbocycles. The first-order valence-corrected chi connectivity index (χ1v) is 8.50. The Labute approximate surface area is 132 Å². The number of halogens is 1. The third-order valence-electron chi connectivity index (χ3n) is 4.50. The summed E-state index contributed by atoms with van der Waals surface area (Å²) in [6.45, 7) is 0. The SMILES string of the molecule is ClC(CC1CCCCCC1)c1cnn(-c2ccccc2)c1. The molecular weight excluding hydrogens is 280 g/mol. The van der Waals surface area contributed by atoms with E-state index in [1.807, 2.05) is 29.1 Å². The van der Waals surface area contributed by atoms with Gasteiger partial charge in [-0.15, -0.1) is 11.6 Å². The normalized spacial score (nSPS) is 18.3. The lowest BCUT2D eigenvalue weighted by molar-refractivity contribution is 0.423. The highest BCUT2D eigenvalue weighted by Gasteiger charge is 2.19. The Balaban J connectivity index is 1.65. The fourth-order valence-corrected chi connectivity index (χ4v) is 3.61. The van der Waals surface area contributed by atoms with Gasteiger partial charge in [-0.05, 0) is 24.5 Å². The molecule has 0 aliphatic heterocycles. The van der Waals surface area contributed by atoms with E-state index in [1.54, 1.807) is 0 Å². The van der Waals surface area contributed by atoms with Crippen LogP contribution in [0.25, 0.3) is 5.69 Å². The van der Waals surface area contributed by atoms with Crippen molar-refractivity contribution in [1.82, 2.24) is 9.78 Å². The average Bonchev–Trinajstić information content (AvgIpc) is 2.88. The highest BCUT2D eigenvalue weighted by atomic mass is 35.5. The van der Waals surface area contributed by atoms with Gasteiger partial charge in [-0.3, -0.25) is 0 Å². The van der Waals surface area contributed by atoms with Crippen LogP contribution < -0.4 is 0 Å². The Morgan fingerprint density at radius 2 is 1.81 bits per heavy atom. The molecule has 0 spiro atoms. The lowest BCUT2D eigenvalue weighted by Crippen LogP contribution is -2.03. The number of hydrogen-bond acceptors (Lipinski definition) is 1. The second kappa shape index (κ2) is 7.13. The van der Waals surface area contributed by atoms with E-state index in [9.17, 15) is 0 Å². The molecule has 21 heavy (non-hydrogen) atoms. The van der Waals surface area contributed by atoms with Crippen LogP contribution in [-0.4, -0.2) is 9.78 Å². The molecular formula is C18H23ClN2. The molecule has 112 valence electrons. The Hall–Kier alpha value is -1.28. The molecule has 0 amide bonds.